The Kier molecular flexibility index (Phi) is 4.35. The van der Waals surface area contributed by atoms with Crippen molar-refractivity contribution < 1.29 is 9.84 Å². The molecule has 0 aromatic heterocycles. The Morgan fingerprint density at radius 3 is 2.67 bits per heavy atom. The predicted molar refractivity (Wildman–Crippen MR) is 62.8 cm³/mol. The Balaban J connectivity index is 2.52. The molecule has 0 fully saturated rings. The summed E-state index contributed by atoms with van der Waals surface area (Å²) < 4.78 is 5.71. The summed E-state index contributed by atoms with van der Waals surface area (Å²) in [6.45, 7) is 8.70. The van der Waals surface area contributed by atoms with E-state index in [0.717, 1.165) is 12.8 Å². The molecule has 2 nitrogen and oxygen atoms in total. The van der Waals surface area contributed by atoms with Gasteiger partial charge in [-0.05, 0) is 44.1 Å². The van der Waals surface area contributed by atoms with Crippen LogP contribution in [-0.4, -0.2) is 23.9 Å². The standard InChI is InChI=1S/C13H24O2/c1-10(9-14)15-11(2)12-6-5-7-13(3,4)8-12/h6,10-11,14H,5,7-9H2,1-4H3. The highest BCUT2D eigenvalue weighted by molar-refractivity contribution is 5.13. The molecule has 1 N–H and O–H groups in total. The molecule has 0 bridgehead atoms. The molecule has 1 aliphatic carbocycles. The summed E-state index contributed by atoms with van der Waals surface area (Å²) in [5, 5.41) is 8.94. The zero-order chi connectivity index (χ0) is 11.5. The smallest absolute Gasteiger partial charge is 0.0785 e. The van der Waals surface area contributed by atoms with Crippen molar-refractivity contribution in [2.24, 2.45) is 5.41 Å². The van der Waals surface area contributed by atoms with E-state index in [-0.39, 0.29) is 18.8 Å². The first-order valence-corrected chi connectivity index (χ1v) is 5.90. The molecule has 1 rings (SSSR count). The number of ether oxygens (including phenoxy) is 1. The minimum absolute atomic E-state index is 0.0639. The van der Waals surface area contributed by atoms with Crippen molar-refractivity contribution in [2.75, 3.05) is 6.61 Å². The average molecular weight is 212 g/mol. The lowest BCUT2D eigenvalue weighted by Crippen LogP contribution is -2.26. The quantitative estimate of drug-likeness (QED) is 0.726. The van der Waals surface area contributed by atoms with Crippen molar-refractivity contribution >= 4 is 0 Å². The van der Waals surface area contributed by atoms with E-state index in [9.17, 15) is 0 Å². The molecule has 0 heterocycles. The van der Waals surface area contributed by atoms with Gasteiger partial charge in [-0.25, -0.2) is 0 Å². The van der Waals surface area contributed by atoms with Crippen LogP contribution in [0.5, 0.6) is 0 Å². The predicted octanol–water partition coefficient (Wildman–Crippen LogP) is 2.91. The Bertz CT molecular complexity index is 231. The summed E-state index contributed by atoms with van der Waals surface area (Å²) in [4.78, 5) is 0. The fourth-order valence-corrected chi connectivity index (χ4v) is 2.15. The van der Waals surface area contributed by atoms with Gasteiger partial charge in [-0.15, -0.1) is 0 Å². The van der Waals surface area contributed by atoms with Crippen LogP contribution in [0.3, 0.4) is 0 Å². The molecular formula is C13H24O2. The second-order valence-corrected chi connectivity index (χ2v) is 5.43. The van der Waals surface area contributed by atoms with E-state index in [2.05, 4.69) is 26.8 Å². The van der Waals surface area contributed by atoms with Crippen molar-refractivity contribution in [1.29, 1.82) is 0 Å². The highest BCUT2D eigenvalue weighted by Crippen LogP contribution is 2.36. The number of allylic oxidation sites excluding steroid dienone is 1. The zero-order valence-electron chi connectivity index (χ0n) is 10.4. The number of aliphatic hydroxyl groups is 1. The molecule has 0 aromatic carbocycles. The SMILES string of the molecule is CC(CO)OC(C)C1=CCCC(C)(C)C1. The Labute approximate surface area is 93.3 Å². The lowest BCUT2D eigenvalue weighted by Gasteiger charge is -2.33. The molecule has 1 aliphatic rings. The van der Waals surface area contributed by atoms with Crippen LogP contribution in [0.1, 0.15) is 47.0 Å². The van der Waals surface area contributed by atoms with E-state index in [1.54, 1.807) is 0 Å². The molecule has 0 saturated carbocycles. The minimum atomic E-state index is -0.0639. The minimum Gasteiger partial charge on any atom is -0.394 e. The Hall–Kier alpha value is -0.340. The van der Waals surface area contributed by atoms with E-state index in [1.807, 2.05) is 6.92 Å². The van der Waals surface area contributed by atoms with E-state index in [0.29, 0.717) is 5.41 Å². The lowest BCUT2D eigenvalue weighted by atomic mass is 9.76. The van der Waals surface area contributed by atoms with Crippen molar-refractivity contribution in [1.82, 2.24) is 0 Å². The summed E-state index contributed by atoms with van der Waals surface area (Å²) in [6.07, 6.45) is 5.92. The Morgan fingerprint density at radius 1 is 1.47 bits per heavy atom. The third kappa shape index (κ3) is 3.96. The van der Waals surface area contributed by atoms with Crippen LogP contribution in [0.15, 0.2) is 11.6 Å². The molecule has 2 atom stereocenters. The summed E-state index contributed by atoms with van der Waals surface area (Å²) in [5.74, 6) is 0. The Morgan fingerprint density at radius 2 is 2.13 bits per heavy atom. The molecule has 88 valence electrons. The molecule has 15 heavy (non-hydrogen) atoms. The fraction of sp³-hybridized carbons (Fsp3) is 0.846. The molecular weight excluding hydrogens is 188 g/mol. The van der Waals surface area contributed by atoms with E-state index in [1.165, 1.54) is 12.0 Å². The van der Waals surface area contributed by atoms with Gasteiger partial charge in [-0.2, -0.15) is 0 Å². The molecule has 0 radical (unpaired) electrons. The van der Waals surface area contributed by atoms with Crippen LogP contribution in [0.4, 0.5) is 0 Å². The third-order valence-electron chi connectivity index (χ3n) is 3.13. The van der Waals surface area contributed by atoms with Crippen molar-refractivity contribution in [3.05, 3.63) is 11.6 Å². The maximum Gasteiger partial charge on any atom is 0.0785 e. The summed E-state index contributed by atoms with van der Waals surface area (Å²) in [6, 6.07) is 0. The zero-order valence-corrected chi connectivity index (χ0v) is 10.4. The first-order chi connectivity index (χ1) is 6.94. The summed E-state index contributed by atoms with van der Waals surface area (Å²) in [7, 11) is 0. The molecule has 0 amide bonds. The first-order valence-electron chi connectivity index (χ1n) is 5.90. The molecule has 0 saturated heterocycles. The highest BCUT2D eigenvalue weighted by Gasteiger charge is 2.26. The lowest BCUT2D eigenvalue weighted by molar-refractivity contribution is -0.00857. The third-order valence-corrected chi connectivity index (χ3v) is 3.13. The number of hydrogen-bond acceptors (Lipinski definition) is 2. The molecule has 2 heteroatoms. The maximum atomic E-state index is 8.94. The number of rotatable bonds is 4. The number of hydrogen-bond donors (Lipinski definition) is 1. The van der Waals surface area contributed by atoms with Crippen LogP contribution in [0, 0.1) is 5.41 Å². The second-order valence-electron chi connectivity index (χ2n) is 5.43. The average Bonchev–Trinajstić information content (AvgIpc) is 2.16. The largest absolute Gasteiger partial charge is 0.394 e. The van der Waals surface area contributed by atoms with Crippen LogP contribution < -0.4 is 0 Å². The van der Waals surface area contributed by atoms with Gasteiger partial charge in [0.25, 0.3) is 0 Å². The fourth-order valence-electron chi connectivity index (χ4n) is 2.15. The van der Waals surface area contributed by atoms with Crippen molar-refractivity contribution in [3.63, 3.8) is 0 Å². The van der Waals surface area contributed by atoms with Gasteiger partial charge in [0.15, 0.2) is 0 Å². The van der Waals surface area contributed by atoms with Crippen LogP contribution in [-0.2, 0) is 4.74 Å². The normalized spacial score (nSPS) is 24.5. The monoisotopic (exact) mass is 212 g/mol. The summed E-state index contributed by atoms with van der Waals surface area (Å²) in [5.41, 5.74) is 1.80. The van der Waals surface area contributed by atoms with Gasteiger partial charge in [-0.3, -0.25) is 0 Å². The van der Waals surface area contributed by atoms with E-state index < -0.39 is 0 Å². The van der Waals surface area contributed by atoms with Gasteiger partial charge in [-0.1, -0.05) is 19.9 Å². The van der Waals surface area contributed by atoms with Gasteiger partial charge in [0.2, 0.25) is 0 Å². The van der Waals surface area contributed by atoms with E-state index >= 15 is 0 Å². The van der Waals surface area contributed by atoms with Gasteiger partial charge in [0, 0.05) is 0 Å². The molecule has 0 aliphatic heterocycles. The van der Waals surface area contributed by atoms with Gasteiger partial charge in [0.05, 0.1) is 18.8 Å². The molecule has 2 unspecified atom stereocenters. The maximum absolute atomic E-state index is 8.94. The van der Waals surface area contributed by atoms with Crippen LogP contribution in [0.25, 0.3) is 0 Å². The van der Waals surface area contributed by atoms with E-state index in [4.69, 9.17) is 9.84 Å². The number of aliphatic hydroxyl groups excluding tert-OH is 1. The van der Waals surface area contributed by atoms with Gasteiger partial charge >= 0.3 is 0 Å². The van der Waals surface area contributed by atoms with Crippen molar-refractivity contribution in [2.45, 2.75) is 59.2 Å². The second kappa shape index (κ2) is 5.13. The van der Waals surface area contributed by atoms with Gasteiger partial charge < -0.3 is 9.84 Å². The van der Waals surface area contributed by atoms with Crippen molar-refractivity contribution in [3.8, 4) is 0 Å². The molecule has 0 aromatic rings. The first kappa shape index (κ1) is 12.7. The van der Waals surface area contributed by atoms with Crippen LogP contribution in [0.2, 0.25) is 0 Å². The van der Waals surface area contributed by atoms with Gasteiger partial charge in [0.1, 0.15) is 0 Å². The highest BCUT2D eigenvalue weighted by atomic mass is 16.5. The summed E-state index contributed by atoms with van der Waals surface area (Å²) >= 11 is 0. The topological polar surface area (TPSA) is 29.5 Å². The van der Waals surface area contributed by atoms with Crippen LogP contribution >= 0.6 is 0 Å². The molecule has 0 spiro atoms.